The number of carbonyl (C=O) groups is 1. The second-order valence-electron chi connectivity index (χ2n) is 2.75. The molecule has 1 heterocycles. The molecule has 0 saturated carbocycles. The van der Waals surface area contributed by atoms with Gasteiger partial charge >= 0.3 is 0 Å². The van der Waals surface area contributed by atoms with Crippen molar-refractivity contribution in [2.24, 2.45) is 0 Å². The maximum atomic E-state index is 10.6. The summed E-state index contributed by atoms with van der Waals surface area (Å²) in [6, 6.07) is 0. The molecule has 0 bridgehead atoms. The van der Waals surface area contributed by atoms with E-state index in [0.717, 1.165) is 13.0 Å². The van der Waals surface area contributed by atoms with Crippen molar-refractivity contribution in [3.05, 3.63) is 6.54 Å². The van der Waals surface area contributed by atoms with E-state index in [2.05, 4.69) is 18.8 Å². The maximum absolute atomic E-state index is 10.6. The molecule has 2 radical (unpaired) electrons. The summed E-state index contributed by atoms with van der Waals surface area (Å²) in [6.45, 7) is 6.46. The van der Waals surface area contributed by atoms with Gasteiger partial charge in [-0.15, -0.1) is 0 Å². The Bertz CT molecular complexity index is 136. The molecule has 3 nitrogen and oxygen atoms in total. The number of nitrogens with one attached hydrogen (secondary N) is 1. The van der Waals surface area contributed by atoms with Crippen molar-refractivity contribution in [2.75, 3.05) is 13.2 Å². The van der Waals surface area contributed by atoms with Gasteiger partial charge in [0.05, 0.1) is 6.67 Å². The summed E-state index contributed by atoms with van der Waals surface area (Å²) in [5, 5.41) is 2.67. The van der Waals surface area contributed by atoms with Crippen LogP contribution in [-0.4, -0.2) is 24.0 Å². The first-order valence-corrected chi connectivity index (χ1v) is 4.12. The van der Waals surface area contributed by atoms with Crippen molar-refractivity contribution in [3.8, 4) is 0 Å². The molecule has 1 N–H and O–H groups in total. The molecule has 1 aliphatic rings. The SMILES string of the molecule is CCCCCN1[C]C(=O)NC1. The lowest BCUT2D eigenvalue weighted by Crippen LogP contribution is -2.21. The van der Waals surface area contributed by atoms with E-state index in [4.69, 9.17) is 0 Å². The summed E-state index contributed by atoms with van der Waals surface area (Å²) < 4.78 is 0. The zero-order valence-electron chi connectivity index (χ0n) is 6.89. The van der Waals surface area contributed by atoms with Gasteiger partial charge in [-0.3, -0.25) is 9.69 Å². The van der Waals surface area contributed by atoms with Gasteiger partial charge in [0, 0.05) is 6.54 Å². The third-order valence-corrected chi connectivity index (χ3v) is 1.72. The zero-order chi connectivity index (χ0) is 8.10. The average Bonchev–Trinajstić information content (AvgIpc) is 2.37. The minimum Gasteiger partial charge on any atom is -0.342 e. The summed E-state index contributed by atoms with van der Waals surface area (Å²) in [4.78, 5) is 12.5. The Labute approximate surface area is 67.8 Å². The van der Waals surface area contributed by atoms with Crippen LogP contribution in [0.25, 0.3) is 0 Å². The molecular formula is C8H14N2O. The first kappa shape index (κ1) is 8.53. The molecule has 0 aromatic carbocycles. The normalized spacial score (nSPS) is 18.8. The summed E-state index contributed by atoms with van der Waals surface area (Å²) >= 11 is 0. The smallest absolute Gasteiger partial charge is 0.246 e. The highest BCUT2D eigenvalue weighted by Gasteiger charge is 2.18. The van der Waals surface area contributed by atoms with E-state index >= 15 is 0 Å². The zero-order valence-corrected chi connectivity index (χ0v) is 6.89. The van der Waals surface area contributed by atoms with Crippen molar-refractivity contribution in [3.63, 3.8) is 0 Å². The molecule has 0 spiro atoms. The van der Waals surface area contributed by atoms with E-state index in [1.807, 2.05) is 4.90 Å². The van der Waals surface area contributed by atoms with Crippen molar-refractivity contribution < 1.29 is 4.79 Å². The lowest BCUT2D eigenvalue weighted by molar-refractivity contribution is -0.116. The van der Waals surface area contributed by atoms with E-state index in [1.54, 1.807) is 0 Å². The minimum atomic E-state index is -0.0819. The lowest BCUT2D eigenvalue weighted by atomic mass is 10.2. The highest BCUT2D eigenvalue weighted by atomic mass is 16.2. The van der Waals surface area contributed by atoms with Crippen LogP contribution >= 0.6 is 0 Å². The largest absolute Gasteiger partial charge is 0.342 e. The number of hydrogen-bond donors (Lipinski definition) is 1. The fraction of sp³-hybridized carbons (Fsp3) is 0.750. The molecule has 0 aromatic heterocycles. The van der Waals surface area contributed by atoms with Gasteiger partial charge in [0.2, 0.25) is 5.91 Å². The van der Waals surface area contributed by atoms with Gasteiger partial charge in [0.25, 0.3) is 0 Å². The molecule has 0 aliphatic carbocycles. The van der Waals surface area contributed by atoms with Crippen LogP contribution in [0.4, 0.5) is 0 Å². The van der Waals surface area contributed by atoms with Crippen LogP contribution in [-0.2, 0) is 4.79 Å². The molecule has 0 atom stereocenters. The number of nitrogens with zero attached hydrogens (tertiary/aromatic N) is 1. The highest BCUT2D eigenvalue weighted by Crippen LogP contribution is 2.03. The highest BCUT2D eigenvalue weighted by molar-refractivity contribution is 5.85. The van der Waals surface area contributed by atoms with Gasteiger partial charge in [-0.25, -0.2) is 0 Å². The second kappa shape index (κ2) is 4.34. The number of unbranched alkanes of at least 4 members (excludes halogenated alkanes) is 2. The molecular weight excluding hydrogens is 140 g/mol. The topological polar surface area (TPSA) is 32.3 Å². The van der Waals surface area contributed by atoms with E-state index in [9.17, 15) is 4.79 Å². The van der Waals surface area contributed by atoms with Crippen LogP contribution in [0.5, 0.6) is 0 Å². The minimum absolute atomic E-state index is 0.0819. The molecule has 3 heteroatoms. The van der Waals surface area contributed by atoms with Crippen molar-refractivity contribution in [2.45, 2.75) is 26.2 Å². The average molecular weight is 154 g/mol. The molecule has 1 amide bonds. The summed E-state index contributed by atoms with van der Waals surface area (Å²) in [7, 11) is 0. The van der Waals surface area contributed by atoms with Crippen LogP contribution < -0.4 is 5.32 Å². The predicted octanol–water partition coefficient (Wildman–Crippen LogP) is 0.605. The van der Waals surface area contributed by atoms with Crippen LogP contribution in [0.2, 0.25) is 0 Å². The van der Waals surface area contributed by atoms with Gasteiger partial charge in [0.15, 0.2) is 6.54 Å². The number of carbonyl (C=O) groups excluding carboxylic acids is 1. The molecule has 1 fully saturated rings. The molecule has 0 aromatic rings. The van der Waals surface area contributed by atoms with Gasteiger partial charge in [-0.05, 0) is 6.42 Å². The molecule has 62 valence electrons. The third kappa shape index (κ3) is 2.89. The Kier molecular flexibility index (Phi) is 3.36. The molecule has 1 aliphatic heterocycles. The van der Waals surface area contributed by atoms with Crippen LogP contribution in [0.3, 0.4) is 0 Å². The third-order valence-electron chi connectivity index (χ3n) is 1.72. The van der Waals surface area contributed by atoms with Crippen molar-refractivity contribution in [1.29, 1.82) is 0 Å². The summed E-state index contributed by atoms with van der Waals surface area (Å²) in [6.07, 6.45) is 3.60. The van der Waals surface area contributed by atoms with Gasteiger partial charge in [-0.1, -0.05) is 19.8 Å². The predicted molar refractivity (Wildman–Crippen MR) is 42.5 cm³/mol. The van der Waals surface area contributed by atoms with E-state index in [0.29, 0.717) is 6.67 Å². The molecule has 1 rings (SSSR count). The Morgan fingerprint density at radius 2 is 2.45 bits per heavy atom. The fourth-order valence-corrected chi connectivity index (χ4v) is 1.08. The Balaban J connectivity index is 2.04. The quantitative estimate of drug-likeness (QED) is 0.601. The Hall–Kier alpha value is -0.570. The second-order valence-corrected chi connectivity index (χ2v) is 2.75. The molecule has 1 saturated heterocycles. The van der Waals surface area contributed by atoms with Gasteiger partial charge < -0.3 is 5.32 Å². The first-order valence-electron chi connectivity index (χ1n) is 4.12. The van der Waals surface area contributed by atoms with Crippen molar-refractivity contribution >= 4 is 5.91 Å². The number of hydrogen-bond acceptors (Lipinski definition) is 2. The molecule has 0 unspecified atom stereocenters. The Morgan fingerprint density at radius 3 is 3.00 bits per heavy atom. The number of amides is 1. The molecule has 11 heavy (non-hydrogen) atoms. The standard InChI is InChI=1S/C8H14N2O/c1-2-3-4-5-10-6-8(11)9-7-10/h2-5,7H2,1H3,(H,9,11). The van der Waals surface area contributed by atoms with E-state index in [1.165, 1.54) is 12.8 Å². The lowest BCUT2D eigenvalue weighted by Gasteiger charge is -2.09. The van der Waals surface area contributed by atoms with Crippen LogP contribution in [0.15, 0.2) is 0 Å². The summed E-state index contributed by atoms with van der Waals surface area (Å²) in [5.41, 5.74) is 0. The van der Waals surface area contributed by atoms with Gasteiger partial charge in [-0.2, -0.15) is 0 Å². The fourth-order valence-electron chi connectivity index (χ4n) is 1.08. The number of rotatable bonds is 4. The summed E-state index contributed by atoms with van der Waals surface area (Å²) in [5.74, 6) is -0.0819. The first-order chi connectivity index (χ1) is 5.33. The van der Waals surface area contributed by atoms with Crippen LogP contribution in [0.1, 0.15) is 26.2 Å². The van der Waals surface area contributed by atoms with Gasteiger partial charge in [0.1, 0.15) is 0 Å². The monoisotopic (exact) mass is 154 g/mol. The van der Waals surface area contributed by atoms with Crippen LogP contribution in [0, 0.1) is 6.54 Å². The van der Waals surface area contributed by atoms with Crippen molar-refractivity contribution in [1.82, 2.24) is 10.2 Å². The van der Waals surface area contributed by atoms with E-state index < -0.39 is 0 Å². The van der Waals surface area contributed by atoms with E-state index in [-0.39, 0.29) is 5.91 Å². The maximum Gasteiger partial charge on any atom is 0.246 e. The Morgan fingerprint density at radius 1 is 1.64 bits per heavy atom.